The lowest BCUT2D eigenvalue weighted by atomic mass is 10.1. The topological polar surface area (TPSA) is 66.9 Å². The van der Waals surface area contributed by atoms with E-state index in [2.05, 4.69) is 39.3 Å². The van der Waals surface area contributed by atoms with Gasteiger partial charge in [-0.15, -0.1) is 5.10 Å². The van der Waals surface area contributed by atoms with Crippen molar-refractivity contribution in [1.29, 1.82) is 0 Å². The predicted molar refractivity (Wildman–Crippen MR) is 95.1 cm³/mol. The number of hydrogen-bond acceptors (Lipinski definition) is 4. The molecule has 1 aromatic heterocycles. The third-order valence-electron chi connectivity index (χ3n) is 3.54. The first kappa shape index (κ1) is 15.4. The van der Waals surface area contributed by atoms with Crippen molar-refractivity contribution < 1.29 is 4.79 Å². The molecule has 0 atom stereocenters. The van der Waals surface area contributed by atoms with E-state index in [9.17, 15) is 4.79 Å². The molecule has 0 unspecified atom stereocenters. The van der Waals surface area contributed by atoms with Crippen LogP contribution in [0.4, 0.5) is 16.2 Å². The summed E-state index contributed by atoms with van der Waals surface area (Å²) in [5.41, 5.74) is 3.55. The van der Waals surface area contributed by atoms with Gasteiger partial charge in [0, 0.05) is 11.4 Å². The minimum atomic E-state index is -0.270. The lowest BCUT2D eigenvalue weighted by Crippen LogP contribution is -2.19. The second-order valence-electron chi connectivity index (χ2n) is 5.34. The fraction of sp³-hybridized carbons (Fsp3) is 0.235. The summed E-state index contributed by atoms with van der Waals surface area (Å²) in [7, 11) is 0. The van der Waals surface area contributed by atoms with Gasteiger partial charge in [0.2, 0.25) is 0 Å². The molecule has 0 radical (unpaired) electrons. The van der Waals surface area contributed by atoms with Crippen LogP contribution in [0, 0.1) is 0 Å². The Morgan fingerprint density at radius 3 is 2.61 bits per heavy atom. The number of nitrogens with zero attached hydrogens (tertiary/aromatic N) is 2. The van der Waals surface area contributed by atoms with Gasteiger partial charge in [-0.05, 0) is 60.3 Å². The van der Waals surface area contributed by atoms with Crippen LogP contribution in [0.3, 0.4) is 0 Å². The maximum atomic E-state index is 12.1. The molecule has 23 heavy (non-hydrogen) atoms. The van der Waals surface area contributed by atoms with E-state index in [-0.39, 0.29) is 6.03 Å². The molecule has 2 amide bonds. The number of unbranched alkanes of at least 4 members (excludes halogenated alkanes) is 1. The number of amides is 2. The van der Waals surface area contributed by atoms with Gasteiger partial charge >= 0.3 is 6.03 Å². The number of aryl methyl sites for hydroxylation is 1. The molecule has 5 nitrogen and oxygen atoms in total. The van der Waals surface area contributed by atoms with Crippen molar-refractivity contribution in [3.8, 4) is 0 Å². The van der Waals surface area contributed by atoms with Gasteiger partial charge in [0.15, 0.2) is 0 Å². The van der Waals surface area contributed by atoms with Crippen molar-refractivity contribution in [3.63, 3.8) is 0 Å². The zero-order chi connectivity index (χ0) is 16.1. The minimum Gasteiger partial charge on any atom is -0.308 e. The van der Waals surface area contributed by atoms with Crippen molar-refractivity contribution in [2.45, 2.75) is 26.2 Å². The number of fused-ring (bicyclic) bond motifs is 1. The van der Waals surface area contributed by atoms with Crippen molar-refractivity contribution in [3.05, 3.63) is 48.0 Å². The molecule has 0 saturated heterocycles. The van der Waals surface area contributed by atoms with E-state index in [1.165, 1.54) is 29.9 Å². The Labute approximate surface area is 138 Å². The van der Waals surface area contributed by atoms with Crippen molar-refractivity contribution >= 4 is 39.2 Å². The van der Waals surface area contributed by atoms with Gasteiger partial charge < -0.3 is 10.6 Å². The maximum Gasteiger partial charge on any atom is 0.323 e. The standard InChI is InChI=1S/C17H18N4OS/c1-2-3-4-12-5-7-13(8-6-12)18-17(22)19-14-9-10-16-15(11-14)20-21-23-16/h5-11H,2-4H2,1H3,(H2,18,19,22). The summed E-state index contributed by atoms with van der Waals surface area (Å²) < 4.78 is 4.88. The van der Waals surface area contributed by atoms with Gasteiger partial charge in [0.25, 0.3) is 0 Å². The molecule has 2 N–H and O–H groups in total. The average Bonchev–Trinajstić information content (AvgIpc) is 3.02. The summed E-state index contributed by atoms with van der Waals surface area (Å²) in [4.78, 5) is 12.1. The molecule has 0 saturated carbocycles. The van der Waals surface area contributed by atoms with Gasteiger partial charge in [0.1, 0.15) is 5.52 Å². The van der Waals surface area contributed by atoms with Gasteiger partial charge in [-0.25, -0.2) is 4.79 Å². The number of benzene rings is 2. The van der Waals surface area contributed by atoms with Crippen molar-refractivity contribution in [2.24, 2.45) is 0 Å². The molecule has 3 rings (SSSR count). The van der Waals surface area contributed by atoms with Crippen LogP contribution >= 0.6 is 11.5 Å². The average molecular weight is 326 g/mol. The van der Waals surface area contributed by atoms with Crippen LogP contribution < -0.4 is 10.6 Å². The van der Waals surface area contributed by atoms with E-state index in [4.69, 9.17) is 0 Å². The molecule has 3 aromatic rings. The van der Waals surface area contributed by atoms with E-state index in [1.807, 2.05) is 30.3 Å². The summed E-state index contributed by atoms with van der Waals surface area (Å²) in [6.45, 7) is 2.18. The Kier molecular flexibility index (Phi) is 4.83. The van der Waals surface area contributed by atoms with E-state index < -0.39 is 0 Å². The zero-order valence-corrected chi connectivity index (χ0v) is 13.7. The fourth-order valence-corrected chi connectivity index (χ4v) is 2.83. The number of nitrogens with one attached hydrogen (secondary N) is 2. The van der Waals surface area contributed by atoms with E-state index >= 15 is 0 Å². The molecular weight excluding hydrogens is 308 g/mol. The number of anilines is 2. The second kappa shape index (κ2) is 7.19. The normalized spacial score (nSPS) is 10.7. The maximum absolute atomic E-state index is 12.1. The molecule has 118 valence electrons. The molecule has 0 fully saturated rings. The van der Waals surface area contributed by atoms with E-state index in [1.54, 1.807) is 0 Å². The van der Waals surface area contributed by atoms with E-state index in [0.29, 0.717) is 5.69 Å². The summed E-state index contributed by atoms with van der Waals surface area (Å²) in [5.74, 6) is 0. The van der Waals surface area contributed by atoms with Crippen molar-refractivity contribution in [1.82, 2.24) is 9.59 Å². The minimum absolute atomic E-state index is 0.270. The summed E-state index contributed by atoms with van der Waals surface area (Å²) in [6, 6.07) is 13.3. The Morgan fingerprint density at radius 1 is 1.09 bits per heavy atom. The highest BCUT2D eigenvalue weighted by atomic mass is 32.1. The van der Waals surface area contributed by atoms with Crippen LogP contribution in [0.15, 0.2) is 42.5 Å². The van der Waals surface area contributed by atoms with Crippen LogP contribution in [0.2, 0.25) is 0 Å². The number of carbonyl (C=O) groups excluding carboxylic acids is 1. The third kappa shape index (κ3) is 4.04. The fourth-order valence-electron chi connectivity index (χ4n) is 2.29. The molecule has 2 aromatic carbocycles. The Hall–Kier alpha value is -2.47. The monoisotopic (exact) mass is 326 g/mol. The number of aromatic nitrogens is 2. The largest absolute Gasteiger partial charge is 0.323 e. The first-order valence-electron chi connectivity index (χ1n) is 7.63. The molecule has 0 aliphatic heterocycles. The van der Waals surface area contributed by atoms with Gasteiger partial charge in [-0.1, -0.05) is 30.0 Å². The highest BCUT2D eigenvalue weighted by Gasteiger charge is 2.05. The number of hydrogen-bond donors (Lipinski definition) is 2. The van der Waals surface area contributed by atoms with Crippen LogP contribution in [-0.4, -0.2) is 15.6 Å². The van der Waals surface area contributed by atoms with Crippen LogP contribution in [0.1, 0.15) is 25.3 Å². The quantitative estimate of drug-likeness (QED) is 0.715. The predicted octanol–water partition coefficient (Wildman–Crippen LogP) is 4.68. The molecule has 0 spiro atoms. The molecule has 0 aliphatic rings. The number of urea groups is 1. The van der Waals surface area contributed by atoms with Crippen LogP contribution in [0.5, 0.6) is 0 Å². The molecule has 0 bridgehead atoms. The smallest absolute Gasteiger partial charge is 0.308 e. The highest BCUT2D eigenvalue weighted by Crippen LogP contribution is 2.20. The summed E-state index contributed by atoms with van der Waals surface area (Å²) >= 11 is 1.33. The summed E-state index contributed by atoms with van der Waals surface area (Å²) in [6.07, 6.45) is 3.44. The SMILES string of the molecule is CCCCc1ccc(NC(=O)Nc2ccc3snnc3c2)cc1. The van der Waals surface area contributed by atoms with Crippen LogP contribution in [-0.2, 0) is 6.42 Å². The molecular formula is C17H18N4OS. The van der Waals surface area contributed by atoms with E-state index in [0.717, 1.165) is 22.3 Å². The molecule has 1 heterocycles. The Bertz CT molecular complexity index is 798. The first-order valence-corrected chi connectivity index (χ1v) is 8.41. The number of rotatable bonds is 5. The molecule has 0 aliphatic carbocycles. The first-order chi connectivity index (χ1) is 11.2. The van der Waals surface area contributed by atoms with Gasteiger partial charge in [-0.2, -0.15) is 0 Å². The van der Waals surface area contributed by atoms with Gasteiger partial charge in [0.05, 0.1) is 4.70 Å². The Morgan fingerprint density at radius 2 is 1.83 bits per heavy atom. The Balaban J connectivity index is 1.60. The second-order valence-corrected chi connectivity index (χ2v) is 6.12. The third-order valence-corrected chi connectivity index (χ3v) is 4.24. The van der Waals surface area contributed by atoms with Crippen LogP contribution in [0.25, 0.3) is 10.2 Å². The van der Waals surface area contributed by atoms with Gasteiger partial charge in [-0.3, -0.25) is 0 Å². The lowest BCUT2D eigenvalue weighted by molar-refractivity contribution is 0.262. The highest BCUT2D eigenvalue weighted by molar-refractivity contribution is 7.12. The number of carbonyl (C=O) groups is 1. The van der Waals surface area contributed by atoms with Crippen molar-refractivity contribution in [2.75, 3.05) is 10.6 Å². The zero-order valence-electron chi connectivity index (χ0n) is 12.9. The molecule has 6 heteroatoms. The lowest BCUT2D eigenvalue weighted by Gasteiger charge is -2.08. The summed E-state index contributed by atoms with van der Waals surface area (Å²) in [5, 5.41) is 9.64.